The Morgan fingerprint density at radius 2 is 1.87 bits per heavy atom. The second-order valence-corrected chi connectivity index (χ2v) is 5.96. The number of benzene rings is 1. The van der Waals surface area contributed by atoms with Crippen LogP contribution in [-0.2, 0) is 11.0 Å². The lowest BCUT2D eigenvalue weighted by Gasteiger charge is -2.27. The summed E-state index contributed by atoms with van der Waals surface area (Å²) in [5.74, 6) is -0.142. The van der Waals surface area contributed by atoms with Crippen LogP contribution in [0.2, 0.25) is 0 Å². The molecule has 23 heavy (non-hydrogen) atoms. The molecule has 3 nitrogen and oxygen atoms in total. The molecule has 0 heterocycles. The third-order valence-corrected chi connectivity index (χ3v) is 4.29. The molecule has 0 aromatic heterocycles. The summed E-state index contributed by atoms with van der Waals surface area (Å²) in [5, 5.41) is 0. The lowest BCUT2D eigenvalue weighted by atomic mass is 10.1. The molecule has 1 fully saturated rings. The predicted octanol–water partition coefficient (Wildman–Crippen LogP) is 4.27. The molecule has 0 spiro atoms. The standard InChI is InChI=1S/C17H22F3NO2/c1-21(14-8-4-2-3-5-9-14)16(22)12-23-15-10-6-7-13(11-15)17(18,19)20/h6-7,10-11,14H,2-5,8-9,12H2,1H3. The molecule has 1 aromatic rings. The number of hydrogen-bond acceptors (Lipinski definition) is 2. The van der Waals surface area contributed by atoms with Crippen molar-refractivity contribution in [1.82, 2.24) is 4.90 Å². The van der Waals surface area contributed by atoms with E-state index in [4.69, 9.17) is 4.74 Å². The highest BCUT2D eigenvalue weighted by Gasteiger charge is 2.30. The first kappa shape index (κ1) is 17.6. The zero-order chi connectivity index (χ0) is 16.9. The molecule has 0 atom stereocenters. The van der Waals surface area contributed by atoms with Crippen LogP contribution >= 0.6 is 0 Å². The Balaban J connectivity index is 1.91. The summed E-state index contributed by atoms with van der Waals surface area (Å²) in [5.41, 5.74) is -0.778. The number of amides is 1. The van der Waals surface area contributed by atoms with Crippen LogP contribution in [0.15, 0.2) is 24.3 Å². The van der Waals surface area contributed by atoms with Crippen molar-refractivity contribution in [3.63, 3.8) is 0 Å². The summed E-state index contributed by atoms with van der Waals surface area (Å²) in [4.78, 5) is 13.9. The molecule has 6 heteroatoms. The molecule has 1 amide bonds. The van der Waals surface area contributed by atoms with E-state index in [0.29, 0.717) is 0 Å². The Bertz CT molecular complexity index is 523. The number of hydrogen-bond donors (Lipinski definition) is 0. The molecular formula is C17H22F3NO2. The van der Waals surface area contributed by atoms with Crippen LogP contribution in [0.5, 0.6) is 5.75 Å². The Morgan fingerprint density at radius 1 is 1.22 bits per heavy atom. The molecule has 0 radical (unpaired) electrons. The van der Waals surface area contributed by atoms with Gasteiger partial charge in [-0.15, -0.1) is 0 Å². The highest BCUT2D eigenvalue weighted by atomic mass is 19.4. The van der Waals surface area contributed by atoms with Gasteiger partial charge in [-0.3, -0.25) is 4.79 Å². The van der Waals surface area contributed by atoms with E-state index >= 15 is 0 Å². The average Bonchev–Trinajstić information content (AvgIpc) is 2.80. The van der Waals surface area contributed by atoms with E-state index in [9.17, 15) is 18.0 Å². The molecule has 1 aliphatic carbocycles. The molecule has 1 aromatic carbocycles. The molecule has 1 aliphatic rings. The number of rotatable bonds is 4. The maximum absolute atomic E-state index is 12.6. The van der Waals surface area contributed by atoms with Crippen molar-refractivity contribution >= 4 is 5.91 Å². The summed E-state index contributed by atoms with van der Waals surface area (Å²) < 4.78 is 43.2. The van der Waals surface area contributed by atoms with Gasteiger partial charge in [0, 0.05) is 13.1 Å². The molecule has 0 unspecified atom stereocenters. The van der Waals surface area contributed by atoms with Crippen molar-refractivity contribution in [2.45, 2.75) is 50.7 Å². The van der Waals surface area contributed by atoms with E-state index in [1.54, 1.807) is 11.9 Å². The van der Waals surface area contributed by atoms with Crippen molar-refractivity contribution < 1.29 is 22.7 Å². The van der Waals surface area contributed by atoms with Crippen LogP contribution in [0.25, 0.3) is 0 Å². The van der Waals surface area contributed by atoms with Crippen LogP contribution in [0.3, 0.4) is 0 Å². The third kappa shape index (κ3) is 5.15. The van der Waals surface area contributed by atoms with E-state index in [1.165, 1.54) is 25.0 Å². The number of carbonyl (C=O) groups is 1. The average molecular weight is 329 g/mol. The van der Waals surface area contributed by atoms with E-state index in [2.05, 4.69) is 0 Å². The molecule has 2 rings (SSSR count). The minimum absolute atomic E-state index is 0.0578. The Hall–Kier alpha value is -1.72. The minimum atomic E-state index is -4.42. The maximum atomic E-state index is 12.6. The van der Waals surface area contributed by atoms with Crippen LogP contribution in [0.1, 0.15) is 44.1 Å². The summed E-state index contributed by atoms with van der Waals surface area (Å²) in [6.07, 6.45) is 2.14. The number of alkyl halides is 3. The summed E-state index contributed by atoms with van der Waals surface area (Å²) >= 11 is 0. The maximum Gasteiger partial charge on any atom is 0.416 e. The second-order valence-electron chi connectivity index (χ2n) is 5.96. The summed E-state index contributed by atoms with van der Waals surface area (Å²) in [6, 6.07) is 4.80. The number of carbonyl (C=O) groups excluding carboxylic acids is 1. The second kappa shape index (κ2) is 7.70. The third-order valence-electron chi connectivity index (χ3n) is 4.29. The van der Waals surface area contributed by atoms with Gasteiger partial charge < -0.3 is 9.64 Å². The van der Waals surface area contributed by atoms with Crippen LogP contribution < -0.4 is 4.74 Å². The molecule has 0 bridgehead atoms. The fourth-order valence-electron chi connectivity index (χ4n) is 2.86. The van der Waals surface area contributed by atoms with E-state index < -0.39 is 11.7 Å². The van der Waals surface area contributed by atoms with Gasteiger partial charge in [0.25, 0.3) is 5.91 Å². The first-order chi connectivity index (χ1) is 10.9. The van der Waals surface area contributed by atoms with Crippen molar-refractivity contribution in [2.75, 3.05) is 13.7 Å². The lowest BCUT2D eigenvalue weighted by Crippen LogP contribution is -2.39. The van der Waals surface area contributed by atoms with Crippen LogP contribution in [-0.4, -0.2) is 30.5 Å². The van der Waals surface area contributed by atoms with E-state index in [1.807, 2.05) is 0 Å². The van der Waals surface area contributed by atoms with Crippen molar-refractivity contribution in [2.24, 2.45) is 0 Å². The Labute approximate surface area is 134 Å². The van der Waals surface area contributed by atoms with Gasteiger partial charge in [-0.1, -0.05) is 31.7 Å². The largest absolute Gasteiger partial charge is 0.484 e. The van der Waals surface area contributed by atoms with Gasteiger partial charge in [-0.25, -0.2) is 0 Å². The topological polar surface area (TPSA) is 29.5 Å². The van der Waals surface area contributed by atoms with Gasteiger partial charge in [0.15, 0.2) is 6.61 Å². The zero-order valence-electron chi connectivity index (χ0n) is 13.2. The normalized spacial score (nSPS) is 16.7. The number of nitrogens with zero attached hydrogens (tertiary/aromatic N) is 1. The van der Waals surface area contributed by atoms with E-state index in [-0.39, 0.29) is 24.3 Å². The SMILES string of the molecule is CN(C(=O)COc1cccc(C(F)(F)F)c1)C1CCCCCC1. The van der Waals surface area contributed by atoms with Crippen LogP contribution in [0.4, 0.5) is 13.2 Å². The Morgan fingerprint density at radius 3 is 2.48 bits per heavy atom. The van der Waals surface area contributed by atoms with Crippen molar-refractivity contribution in [1.29, 1.82) is 0 Å². The smallest absolute Gasteiger partial charge is 0.416 e. The minimum Gasteiger partial charge on any atom is -0.484 e. The van der Waals surface area contributed by atoms with Gasteiger partial charge in [0.1, 0.15) is 5.75 Å². The first-order valence-corrected chi connectivity index (χ1v) is 7.93. The molecule has 0 saturated heterocycles. The first-order valence-electron chi connectivity index (χ1n) is 7.93. The van der Waals surface area contributed by atoms with Gasteiger partial charge in [0.05, 0.1) is 5.56 Å². The predicted molar refractivity (Wildman–Crippen MR) is 81.2 cm³/mol. The molecule has 0 aliphatic heterocycles. The zero-order valence-corrected chi connectivity index (χ0v) is 13.2. The molecular weight excluding hydrogens is 307 g/mol. The highest BCUT2D eigenvalue weighted by Crippen LogP contribution is 2.31. The Kier molecular flexibility index (Phi) is 5.91. The summed E-state index contributed by atoms with van der Waals surface area (Å²) in [7, 11) is 1.74. The van der Waals surface area contributed by atoms with Gasteiger partial charge in [0.2, 0.25) is 0 Å². The quantitative estimate of drug-likeness (QED) is 0.772. The number of halogens is 3. The monoisotopic (exact) mass is 329 g/mol. The van der Waals surface area contributed by atoms with Crippen LogP contribution in [0, 0.1) is 0 Å². The summed E-state index contributed by atoms with van der Waals surface area (Å²) in [6.45, 7) is -0.242. The number of ether oxygens (including phenoxy) is 1. The van der Waals surface area contributed by atoms with Crippen molar-refractivity contribution in [3.8, 4) is 5.75 Å². The highest BCUT2D eigenvalue weighted by molar-refractivity contribution is 5.77. The lowest BCUT2D eigenvalue weighted by molar-refractivity contribution is -0.137. The van der Waals surface area contributed by atoms with E-state index in [0.717, 1.165) is 37.8 Å². The van der Waals surface area contributed by atoms with Crippen molar-refractivity contribution in [3.05, 3.63) is 29.8 Å². The van der Waals surface area contributed by atoms with Gasteiger partial charge in [-0.05, 0) is 31.0 Å². The van der Waals surface area contributed by atoms with Gasteiger partial charge in [-0.2, -0.15) is 13.2 Å². The molecule has 0 N–H and O–H groups in total. The fourth-order valence-corrected chi connectivity index (χ4v) is 2.86. The molecule has 1 saturated carbocycles. The number of likely N-dealkylation sites (N-methyl/N-ethyl adjacent to an activating group) is 1. The fraction of sp³-hybridized carbons (Fsp3) is 0.588. The molecule has 128 valence electrons. The van der Waals surface area contributed by atoms with Gasteiger partial charge >= 0.3 is 6.18 Å².